The highest BCUT2D eigenvalue weighted by Gasteiger charge is 2.10. The molecule has 0 saturated heterocycles. The summed E-state index contributed by atoms with van der Waals surface area (Å²) in [6.45, 7) is 3.87. The summed E-state index contributed by atoms with van der Waals surface area (Å²) in [5.74, 6) is 0.687. The number of carbonyl (C=O) groups is 1. The van der Waals surface area contributed by atoms with Crippen LogP contribution in [0, 0.1) is 13.8 Å². The first-order valence-electron chi connectivity index (χ1n) is 6.90. The zero-order chi connectivity index (χ0) is 16.4. The van der Waals surface area contributed by atoms with E-state index in [1.54, 1.807) is 4.52 Å². The fourth-order valence-electron chi connectivity index (χ4n) is 2.10. The third kappa shape index (κ3) is 3.89. The van der Waals surface area contributed by atoms with E-state index >= 15 is 0 Å². The molecule has 1 aromatic carbocycles. The molecule has 2 aromatic heterocycles. The number of amides is 1. The van der Waals surface area contributed by atoms with E-state index in [0.717, 1.165) is 21.5 Å². The fourth-order valence-corrected chi connectivity index (χ4v) is 3.12. The molecule has 0 aliphatic carbocycles. The van der Waals surface area contributed by atoms with Crippen LogP contribution < -0.4 is 5.32 Å². The molecule has 2 heterocycles. The molecule has 8 heteroatoms. The maximum absolute atomic E-state index is 12.0. The van der Waals surface area contributed by atoms with Gasteiger partial charge < -0.3 is 5.32 Å². The quantitative estimate of drug-likeness (QED) is 0.691. The number of fused-ring (bicyclic) bond motifs is 1. The Bertz CT molecular complexity index is 879. The number of hydrogen-bond acceptors (Lipinski definition) is 5. The molecule has 3 aromatic rings. The van der Waals surface area contributed by atoms with E-state index in [1.807, 2.05) is 44.2 Å². The van der Waals surface area contributed by atoms with Gasteiger partial charge in [0.1, 0.15) is 0 Å². The van der Waals surface area contributed by atoms with Crippen LogP contribution in [0.4, 0.5) is 5.69 Å². The van der Waals surface area contributed by atoms with Gasteiger partial charge in [-0.25, -0.2) is 9.50 Å². The Kier molecular flexibility index (Phi) is 4.63. The van der Waals surface area contributed by atoms with Gasteiger partial charge in [0.15, 0.2) is 0 Å². The minimum absolute atomic E-state index is 0.104. The van der Waals surface area contributed by atoms with E-state index in [-0.39, 0.29) is 11.7 Å². The van der Waals surface area contributed by atoms with Crippen LogP contribution >= 0.6 is 27.7 Å². The molecule has 0 radical (unpaired) electrons. The summed E-state index contributed by atoms with van der Waals surface area (Å²) in [5.41, 5.74) is 2.61. The van der Waals surface area contributed by atoms with Crippen LogP contribution in [-0.2, 0) is 4.79 Å². The molecule has 0 bridgehead atoms. The lowest BCUT2D eigenvalue weighted by Crippen LogP contribution is -2.14. The molecule has 0 spiro atoms. The Balaban J connectivity index is 1.66. The van der Waals surface area contributed by atoms with Gasteiger partial charge >= 0.3 is 0 Å². The SMILES string of the molecule is Cc1cc(C)n2nc(SCC(=O)Nc3cccc(Br)c3)nc2n1. The Morgan fingerprint density at radius 1 is 1.30 bits per heavy atom. The topological polar surface area (TPSA) is 72.2 Å². The molecule has 0 fully saturated rings. The van der Waals surface area contributed by atoms with Crippen molar-refractivity contribution in [2.24, 2.45) is 0 Å². The Hall–Kier alpha value is -1.93. The highest BCUT2D eigenvalue weighted by atomic mass is 79.9. The van der Waals surface area contributed by atoms with Gasteiger partial charge in [-0.05, 0) is 38.1 Å². The van der Waals surface area contributed by atoms with Crippen molar-refractivity contribution >= 4 is 45.1 Å². The standard InChI is InChI=1S/C15H14BrN5OS/c1-9-6-10(2)21-14(17-9)19-15(20-21)23-8-13(22)18-12-5-3-4-11(16)7-12/h3-7H,8H2,1-2H3,(H,18,22). The smallest absolute Gasteiger partial charge is 0.253 e. The average molecular weight is 392 g/mol. The predicted molar refractivity (Wildman–Crippen MR) is 93.8 cm³/mol. The van der Waals surface area contributed by atoms with E-state index in [9.17, 15) is 4.79 Å². The molecule has 6 nitrogen and oxygen atoms in total. The van der Waals surface area contributed by atoms with Crippen molar-refractivity contribution < 1.29 is 4.79 Å². The van der Waals surface area contributed by atoms with Crippen LogP contribution in [0.5, 0.6) is 0 Å². The van der Waals surface area contributed by atoms with Crippen LogP contribution in [0.1, 0.15) is 11.4 Å². The van der Waals surface area contributed by atoms with Gasteiger partial charge in [0.05, 0.1) is 5.75 Å². The maximum Gasteiger partial charge on any atom is 0.253 e. The summed E-state index contributed by atoms with van der Waals surface area (Å²) in [7, 11) is 0. The summed E-state index contributed by atoms with van der Waals surface area (Å²) >= 11 is 4.66. The van der Waals surface area contributed by atoms with Gasteiger partial charge in [-0.15, -0.1) is 5.10 Å². The van der Waals surface area contributed by atoms with Crippen LogP contribution in [0.25, 0.3) is 5.78 Å². The van der Waals surface area contributed by atoms with Crippen molar-refractivity contribution in [1.29, 1.82) is 0 Å². The molecule has 1 amide bonds. The molecular formula is C15H14BrN5OS. The zero-order valence-corrected chi connectivity index (χ0v) is 15.0. The lowest BCUT2D eigenvalue weighted by Gasteiger charge is -2.04. The molecular weight excluding hydrogens is 378 g/mol. The number of nitrogens with one attached hydrogen (secondary N) is 1. The van der Waals surface area contributed by atoms with E-state index in [1.165, 1.54) is 11.8 Å². The van der Waals surface area contributed by atoms with Crippen molar-refractivity contribution in [2.45, 2.75) is 19.0 Å². The second-order valence-corrected chi connectivity index (χ2v) is 6.85. The van der Waals surface area contributed by atoms with E-state index in [0.29, 0.717) is 10.9 Å². The number of aryl methyl sites for hydroxylation is 2. The zero-order valence-electron chi connectivity index (χ0n) is 12.6. The first kappa shape index (κ1) is 15.9. The third-order valence-corrected chi connectivity index (χ3v) is 4.37. The van der Waals surface area contributed by atoms with Crippen molar-refractivity contribution in [2.75, 3.05) is 11.1 Å². The van der Waals surface area contributed by atoms with Crippen molar-refractivity contribution in [1.82, 2.24) is 19.6 Å². The highest BCUT2D eigenvalue weighted by molar-refractivity contribution is 9.10. The summed E-state index contributed by atoms with van der Waals surface area (Å²) in [6, 6.07) is 9.40. The number of nitrogens with zero attached hydrogens (tertiary/aromatic N) is 4. The average Bonchev–Trinajstić information content (AvgIpc) is 2.88. The fraction of sp³-hybridized carbons (Fsp3) is 0.200. The first-order valence-corrected chi connectivity index (χ1v) is 8.68. The maximum atomic E-state index is 12.0. The highest BCUT2D eigenvalue weighted by Crippen LogP contribution is 2.18. The normalized spacial score (nSPS) is 10.9. The van der Waals surface area contributed by atoms with Gasteiger partial charge in [0, 0.05) is 21.5 Å². The number of carbonyl (C=O) groups excluding carboxylic acids is 1. The molecule has 1 N–H and O–H groups in total. The second-order valence-electron chi connectivity index (χ2n) is 4.99. The monoisotopic (exact) mass is 391 g/mol. The number of rotatable bonds is 4. The van der Waals surface area contributed by atoms with Gasteiger partial charge in [-0.3, -0.25) is 4.79 Å². The van der Waals surface area contributed by atoms with Gasteiger partial charge in [0.25, 0.3) is 5.78 Å². The number of benzene rings is 1. The Morgan fingerprint density at radius 3 is 2.91 bits per heavy atom. The molecule has 0 unspecified atom stereocenters. The molecule has 23 heavy (non-hydrogen) atoms. The minimum Gasteiger partial charge on any atom is -0.325 e. The Morgan fingerprint density at radius 2 is 2.13 bits per heavy atom. The molecule has 118 valence electrons. The Labute approximate surface area is 145 Å². The number of hydrogen-bond donors (Lipinski definition) is 1. The summed E-state index contributed by atoms with van der Waals surface area (Å²) in [6.07, 6.45) is 0. The van der Waals surface area contributed by atoms with E-state index in [4.69, 9.17) is 0 Å². The number of thioether (sulfide) groups is 1. The predicted octanol–water partition coefficient (Wildman–Crippen LogP) is 3.23. The second kappa shape index (κ2) is 6.67. The molecule has 0 aliphatic heterocycles. The van der Waals surface area contributed by atoms with Crippen LogP contribution in [0.15, 0.2) is 40.0 Å². The lowest BCUT2D eigenvalue weighted by molar-refractivity contribution is -0.113. The number of anilines is 1. The molecule has 3 rings (SSSR count). The van der Waals surface area contributed by atoms with Crippen molar-refractivity contribution in [3.63, 3.8) is 0 Å². The van der Waals surface area contributed by atoms with Crippen LogP contribution in [0.3, 0.4) is 0 Å². The van der Waals surface area contributed by atoms with E-state index in [2.05, 4.69) is 36.3 Å². The van der Waals surface area contributed by atoms with Gasteiger partial charge in [-0.1, -0.05) is 33.8 Å². The molecule has 0 atom stereocenters. The third-order valence-electron chi connectivity index (χ3n) is 3.04. The van der Waals surface area contributed by atoms with Gasteiger partial charge in [-0.2, -0.15) is 4.98 Å². The van der Waals surface area contributed by atoms with Crippen molar-refractivity contribution in [3.8, 4) is 0 Å². The van der Waals surface area contributed by atoms with Crippen molar-refractivity contribution in [3.05, 3.63) is 46.2 Å². The number of halogens is 1. The molecule has 0 aliphatic rings. The molecule has 0 saturated carbocycles. The summed E-state index contributed by atoms with van der Waals surface area (Å²) in [4.78, 5) is 20.7. The largest absolute Gasteiger partial charge is 0.325 e. The van der Waals surface area contributed by atoms with Crippen LogP contribution in [0.2, 0.25) is 0 Å². The minimum atomic E-state index is -0.104. The summed E-state index contributed by atoms with van der Waals surface area (Å²) < 4.78 is 2.60. The number of aromatic nitrogens is 4. The summed E-state index contributed by atoms with van der Waals surface area (Å²) in [5, 5.41) is 7.74. The van der Waals surface area contributed by atoms with Gasteiger partial charge in [0.2, 0.25) is 11.1 Å². The van der Waals surface area contributed by atoms with Crippen LogP contribution in [-0.4, -0.2) is 31.2 Å². The lowest BCUT2D eigenvalue weighted by atomic mass is 10.3. The first-order chi connectivity index (χ1) is 11.0. The van der Waals surface area contributed by atoms with E-state index < -0.39 is 0 Å².